The lowest BCUT2D eigenvalue weighted by Gasteiger charge is -2.36. The van der Waals surface area contributed by atoms with Gasteiger partial charge in [-0.25, -0.2) is 0 Å². The van der Waals surface area contributed by atoms with E-state index in [1.807, 2.05) is 19.2 Å². The minimum Gasteiger partial charge on any atom is -0.338 e. The van der Waals surface area contributed by atoms with Crippen LogP contribution in [-0.2, 0) is 0 Å². The molecule has 0 bridgehead atoms. The van der Waals surface area contributed by atoms with Gasteiger partial charge in [0.05, 0.1) is 0 Å². The van der Waals surface area contributed by atoms with Crippen molar-refractivity contribution >= 4 is 5.91 Å². The van der Waals surface area contributed by atoms with Crippen molar-refractivity contribution in [1.82, 2.24) is 14.9 Å². The van der Waals surface area contributed by atoms with Crippen LogP contribution in [0.5, 0.6) is 0 Å². The molecule has 2 atom stereocenters. The van der Waals surface area contributed by atoms with Crippen molar-refractivity contribution in [3.63, 3.8) is 0 Å². The highest BCUT2D eigenvalue weighted by Gasteiger charge is 2.29. The summed E-state index contributed by atoms with van der Waals surface area (Å²) in [6.45, 7) is 2.18. The standard InChI is InChI=1S/C19H23N3O2/c1-13-5-3-4-6-17(13)22(2)19(24)15-7-8-16(21-18(15)23)14-9-11-20-12-10-14/h7-13,17H,3-6H2,1-2H3,(H,21,23)/t13-,17-/m1/s1. The molecule has 126 valence electrons. The molecule has 1 aliphatic carbocycles. The van der Waals surface area contributed by atoms with Crippen molar-refractivity contribution < 1.29 is 4.79 Å². The summed E-state index contributed by atoms with van der Waals surface area (Å²) in [5.41, 5.74) is 1.42. The largest absolute Gasteiger partial charge is 0.338 e. The summed E-state index contributed by atoms with van der Waals surface area (Å²) in [5, 5.41) is 0. The van der Waals surface area contributed by atoms with Crippen LogP contribution in [0, 0.1) is 5.92 Å². The van der Waals surface area contributed by atoms with Crippen LogP contribution in [0.25, 0.3) is 11.3 Å². The zero-order chi connectivity index (χ0) is 17.1. The zero-order valence-corrected chi connectivity index (χ0v) is 14.2. The number of carbonyl (C=O) groups excluding carboxylic acids is 1. The maximum Gasteiger partial charge on any atom is 0.261 e. The second kappa shape index (κ2) is 6.99. The first kappa shape index (κ1) is 16.4. The van der Waals surface area contributed by atoms with Crippen molar-refractivity contribution in [2.75, 3.05) is 7.05 Å². The molecule has 1 amide bonds. The number of hydrogen-bond acceptors (Lipinski definition) is 3. The predicted molar refractivity (Wildman–Crippen MR) is 93.8 cm³/mol. The van der Waals surface area contributed by atoms with Gasteiger partial charge in [0.2, 0.25) is 0 Å². The first-order valence-electron chi connectivity index (χ1n) is 8.49. The molecule has 3 rings (SSSR count). The Kier molecular flexibility index (Phi) is 4.79. The molecule has 0 unspecified atom stereocenters. The number of amides is 1. The van der Waals surface area contributed by atoms with E-state index >= 15 is 0 Å². The lowest BCUT2D eigenvalue weighted by molar-refractivity contribution is 0.0627. The van der Waals surface area contributed by atoms with Gasteiger partial charge in [0.1, 0.15) is 5.56 Å². The van der Waals surface area contributed by atoms with E-state index in [0.717, 1.165) is 24.8 Å². The summed E-state index contributed by atoms with van der Waals surface area (Å²) in [5.74, 6) is 0.277. The minimum atomic E-state index is -0.343. The van der Waals surface area contributed by atoms with Gasteiger partial charge in [-0.2, -0.15) is 0 Å². The quantitative estimate of drug-likeness (QED) is 0.943. The first-order valence-corrected chi connectivity index (χ1v) is 8.49. The summed E-state index contributed by atoms with van der Waals surface area (Å²) >= 11 is 0. The van der Waals surface area contributed by atoms with Crippen LogP contribution in [0.1, 0.15) is 43.0 Å². The van der Waals surface area contributed by atoms with Crippen molar-refractivity contribution in [3.05, 3.63) is 52.6 Å². The molecule has 1 fully saturated rings. The molecule has 1 aliphatic rings. The van der Waals surface area contributed by atoms with E-state index < -0.39 is 0 Å². The smallest absolute Gasteiger partial charge is 0.261 e. The van der Waals surface area contributed by atoms with Crippen LogP contribution >= 0.6 is 0 Å². The van der Waals surface area contributed by atoms with Gasteiger partial charge in [-0.3, -0.25) is 14.6 Å². The van der Waals surface area contributed by atoms with Crippen LogP contribution in [0.2, 0.25) is 0 Å². The normalized spacial score (nSPS) is 20.6. The Balaban J connectivity index is 1.84. The maximum absolute atomic E-state index is 12.8. The van der Waals surface area contributed by atoms with Crippen LogP contribution in [-0.4, -0.2) is 33.9 Å². The summed E-state index contributed by atoms with van der Waals surface area (Å²) in [6.07, 6.45) is 7.86. The van der Waals surface area contributed by atoms with Gasteiger partial charge in [0.25, 0.3) is 11.5 Å². The fourth-order valence-corrected chi connectivity index (χ4v) is 3.55. The average Bonchev–Trinajstić information content (AvgIpc) is 2.61. The number of H-pyrrole nitrogens is 1. The van der Waals surface area contributed by atoms with Gasteiger partial charge >= 0.3 is 0 Å². The van der Waals surface area contributed by atoms with Crippen LogP contribution < -0.4 is 5.56 Å². The number of nitrogens with one attached hydrogen (secondary N) is 1. The Morgan fingerprint density at radius 1 is 1.17 bits per heavy atom. The second-order valence-electron chi connectivity index (χ2n) is 6.60. The molecular formula is C19H23N3O2. The Morgan fingerprint density at radius 3 is 2.54 bits per heavy atom. The Hall–Kier alpha value is -2.43. The molecule has 5 heteroatoms. The van der Waals surface area contributed by atoms with Gasteiger partial charge in [-0.15, -0.1) is 0 Å². The molecule has 5 nitrogen and oxygen atoms in total. The topological polar surface area (TPSA) is 66.1 Å². The van der Waals surface area contributed by atoms with E-state index in [1.54, 1.807) is 29.4 Å². The first-order chi connectivity index (χ1) is 11.6. The summed E-state index contributed by atoms with van der Waals surface area (Å²) in [7, 11) is 1.81. The summed E-state index contributed by atoms with van der Waals surface area (Å²) in [4.78, 5) is 33.7. The molecule has 1 saturated carbocycles. The predicted octanol–water partition coefficient (Wildman–Crippen LogP) is 3.09. The number of nitrogens with zero attached hydrogens (tertiary/aromatic N) is 2. The van der Waals surface area contributed by atoms with E-state index in [-0.39, 0.29) is 23.1 Å². The summed E-state index contributed by atoms with van der Waals surface area (Å²) in [6, 6.07) is 7.26. The number of hydrogen-bond donors (Lipinski definition) is 1. The molecule has 0 radical (unpaired) electrons. The van der Waals surface area contributed by atoms with Gasteiger partial charge in [0.15, 0.2) is 0 Å². The van der Waals surface area contributed by atoms with Crippen LogP contribution in [0.15, 0.2) is 41.5 Å². The average molecular weight is 325 g/mol. The third kappa shape index (κ3) is 3.25. The summed E-state index contributed by atoms with van der Waals surface area (Å²) < 4.78 is 0. The lowest BCUT2D eigenvalue weighted by Crippen LogP contribution is -2.44. The zero-order valence-electron chi connectivity index (χ0n) is 14.2. The van der Waals surface area contributed by atoms with Crippen molar-refractivity contribution in [3.8, 4) is 11.3 Å². The Labute approximate surface area is 141 Å². The van der Waals surface area contributed by atoms with E-state index in [9.17, 15) is 9.59 Å². The van der Waals surface area contributed by atoms with Gasteiger partial charge in [0, 0.05) is 36.7 Å². The van der Waals surface area contributed by atoms with Crippen molar-refractivity contribution in [1.29, 1.82) is 0 Å². The highest BCUT2D eigenvalue weighted by atomic mass is 16.2. The Morgan fingerprint density at radius 2 is 1.88 bits per heavy atom. The van der Waals surface area contributed by atoms with E-state index in [4.69, 9.17) is 0 Å². The highest BCUT2D eigenvalue weighted by molar-refractivity contribution is 5.94. The molecule has 0 aromatic carbocycles. The molecule has 2 heterocycles. The molecular weight excluding hydrogens is 302 g/mol. The molecule has 2 aromatic rings. The van der Waals surface area contributed by atoms with Crippen molar-refractivity contribution in [2.45, 2.75) is 38.6 Å². The number of pyridine rings is 2. The number of aromatic nitrogens is 2. The third-order valence-corrected chi connectivity index (χ3v) is 5.02. The van der Waals surface area contributed by atoms with E-state index in [0.29, 0.717) is 11.6 Å². The SMILES string of the molecule is C[C@@H]1CCCC[C@H]1N(C)C(=O)c1ccc(-c2ccncc2)[nH]c1=O. The number of carbonyl (C=O) groups is 1. The monoisotopic (exact) mass is 325 g/mol. The third-order valence-electron chi connectivity index (χ3n) is 5.02. The Bertz CT molecular complexity index is 770. The highest BCUT2D eigenvalue weighted by Crippen LogP contribution is 2.28. The molecule has 1 N–H and O–H groups in total. The minimum absolute atomic E-state index is 0.198. The van der Waals surface area contributed by atoms with Crippen LogP contribution in [0.3, 0.4) is 0 Å². The van der Waals surface area contributed by atoms with Gasteiger partial charge in [-0.05, 0) is 43.0 Å². The maximum atomic E-state index is 12.8. The van der Waals surface area contributed by atoms with Gasteiger partial charge in [-0.1, -0.05) is 19.8 Å². The fraction of sp³-hybridized carbons (Fsp3) is 0.421. The lowest BCUT2D eigenvalue weighted by atomic mass is 9.85. The molecule has 0 spiro atoms. The number of rotatable bonds is 3. The second-order valence-corrected chi connectivity index (χ2v) is 6.60. The number of aromatic amines is 1. The fourth-order valence-electron chi connectivity index (χ4n) is 3.55. The molecule has 24 heavy (non-hydrogen) atoms. The van der Waals surface area contributed by atoms with Crippen molar-refractivity contribution in [2.24, 2.45) is 5.92 Å². The van der Waals surface area contributed by atoms with Crippen LogP contribution in [0.4, 0.5) is 0 Å². The molecule has 2 aromatic heterocycles. The van der Waals surface area contributed by atoms with E-state index in [2.05, 4.69) is 16.9 Å². The van der Waals surface area contributed by atoms with Gasteiger partial charge < -0.3 is 9.88 Å². The molecule has 0 saturated heterocycles. The van der Waals surface area contributed by atoms with E-state index in [1.165, 1.54) is 6.42 Å². The molecule has 0 aliphatic heterocycles.